The predicted molar refractivity (Wildman–Crippen MR) is 104 cm³/mol. The Bertz CT molecular complexity index is 875. The first-order chi connectivity index (χ1) is 11.7. The van der Waals surface area contributed by atoms with Gasteiger partial charge in [-0.15, -0.1) is 0 Å². The highest BCUT2D eigenvalue weighted by molar-refractivity contribution is 6.30. The summed E-state index contributed by atoms with van der Waals surface area (Å²) in [6.07, 6.45) is 4.76. The highest BCUT2D eigenvalue weighted by Gasteiger charge is 2.19. The van der Waals surface area contributed by atoms with Gasteiger partial charge in [-0.1, -0.05) is 73.5 Å². The molecule has 0 spiro atoms. The molecular weight excluding hydrogens is 312 g/mol. The second kappa shape index (κ2) is 6.45. The van der Waals surface area contributed by atoms with Crippen molar-refractivity contribution >= 4 is 11.6 Å². The average molecular weight is 333 g/mol. The summed E-state index contributed by atoms with van der Waals surface area (Å²) in [4.78, 5) is 0. The van der Waals surface area contributed by atoms with Crippen molar-refractivity contribution in [2.45, 2.75) is 32.6 Å². The molecular formula is C23H21Cl. The van der Waals surface area contributed by atoms with E-state index in [1.165, 1.54) is 58.2 Å². The van der Waals surface area contributed by atoms with Crippen LogP contribution in [0.15, 0.2) is 60.7 Å². The van der Waals surface area contributed by atoms with Crippen molar-refractivity contribution in [2.24, 2.45) is 0 Å². The Hall–Kier alpha value is -2.05. The molecule has 3 aromatic carbocycles. The summed E-state index contributed by atoms with van der Waals surface area (Å²) in [7, 11) is 0. The van der Waals surface area contributed by atoms with Crippen LogP contribution in [0.2, 0.25) is 5.02 Å². The second-order valence-electron chi connectivity index (χ2n) is 6.65. The Morgan fingerprint density at radius 1 is 0.792 bits per heavy atom. The summed E-state index contributed by atoms with van der Waals surface area (Å²) in [5.41, 5.74) is 9.68. The fourth-order valence-corrected chi connectivity index (χ4v) is 3.75. The van der Waals surface area contributed by atoms with E-state index >= 15 is 0 Å². The maximum absolute atomic E-state index is 6.00. The Morgan fingerprint density at radius 3 is 2.21 bits per heavy atom. The third kappa shape index (κ3) is 2.87. The van der Waals surface area contributed by atoms with E-state index in [-0.39, 0.29) is 0 Å². The van der Waals surface area contributed by atoms with Crippen molar-refractivity contribution < 1.29 is 0 Å². The molecule has 0 nitrogen and oxygen atoms in total. The van der Waals surface area contributed by atoms with Gasteiger partial charge in [-0.3, -0.25) is 0 Å². The molecule has 0 fully saturated rings. The van der Waals surface area contributed by atoms with Gasteiger partial charge < -0.3 is 0 Å². The van der Waals surface area contributed by atoms with E-state index in [0.717, 1.165) is 11.4 Å². The SMILES string of the molecule is CCCCc1ccc2c(c1)Cc1cc(-c3ccc(Cl)cc3)ccc1-2. The van der Waals surface area contributed by atoms with Crippen LogP contribution in [-0.2, 0) is 12.8 Å². The van der Waals surface area contributed by atoms with Crippen LogP contribution in [0.1, 0.15) is 36.5 Å². The molecule has 24 heavy (non-hydrogen) atoms. The molecule has 4 rings (SSSR count). The molecule has 0 N–H and O–H groups in total. The number of unbranched alkanes of at least 4 members (excludes halogenated alkanes) is 1. The predicted octanol–water partition coefficient (Wildman–Crippen LogP) is 6.92. The lowest BCUT2D eigenvalue weighted by Crippen LogP contribution is -1.88. The zero-order valence-corrected chi connectivity index (χ0v) is 14.7. The summed E-state index contributed by atoms with van der Waals surface area (Å²) in [5.74, 6) is 0. The van der Waals surface area contributed by atoms with Crippen LogP contribution >= 0.6 is 11.6 Å². The second-order valence-corrected chi connectivity index (χ2v) is 7.09. The number of benzene rings is 3. The van der Waals surface area contributed by atoms with Crippen molar-refractivity contribution in [3.8, 4) is 22.3 Å². The average Bonchev–Trinajstić information content (AvgIpc) is 2.97. The summed E-state index contributed by atoms with van der Waals surface area (Å²) in [6.45, 7) is 2.25. The van der Waals surface area contributed by atoms with Gasteiger partial charge in [0.1, 0.15) is 0 Å². The first kappa shape index (κ1) is 15.5. The molecule has 0 aliphatic heterocycles. The fourth-order valence-electron chi connectivity index (χ4n) is 3.62. The quantitative estimate of drug-likeness (QED) is 0.380. The number of fused-ring (bicyclic) bond motifs is 3. The van der Waals surface area contributed by atoms with E-state index in [1.54, 1.807) is 0 Å². The zero-order chi connectivity index (χ0) is 16.5. The first-order valence-electron chi connectivity index (χ1n) is 8.75. The van der Waals surface area contributed by atoms with Crippen LogP contribution in [0.3, 0.4) is 0 Å². The third-order valence-electron chi connectivity index (χ3n) is 4.94. The summed E-state index contributed by atoms with van der Waals surface area (Å²) in [5, 5.41) is 0.784. The van der Waals surface area contributed by atoms with Crippen molar-refractivity contribution in [3.63, 3.8) is 0 Å². The highest BCUT2D eigenvalue weighted by Crippen LogP contribution is 2.39. The lowest BCUT2D eigenvalue weighted by atomic mass is 9.99. The number of hydrogen-bond donors (Lipinski definition) is 0. The smallest absolute Gasteiger partial charge is 0.0406 e. The van der Waals surface area contributed by atoms with Crippen LogP contribution in [-0.4, -0.2) is 0 Å². The third-order valence-corrected chi connectivity index (χ3v) is 5.19. The van der Waals surface area contributed by atoms with Gasteiger partial charge in [0.25, 0.3) is 0 Å². The maximum Gasteiger partial charge on any atom is 0.0406 e. The minimum atomic E-state index is 0.784. The van der Waals surface area contributed by atoms with Gasteiger partial charge >= 0.3 is 0 Å². The largest absolute Gasteiger partial charge is 0.0843 e. The normalized spacial score (nSPS) is 12.1. The molecule has 3 aromatic rings. The highest BCUT2D eigenvalue weighted by atomic mass is 35.5. The monoisotopic (exact) mass is 332 g/mol. The summed E-state index contributed by atoms with van der Waals surface area (Å²) >= 11 is 6.00. The van der Waals surface area contributed by atoms with E-state index in [0.29, 0.717) is 0 Å². The standard InChI is InChI=1S/C23H21Cl/c1-2-3-4-16-5-11-22-19(13-16)15-20-14-18(8-12-23(20)22)17-6-9-21(24)10-7-17/h5-14H,2-4,15H2,1H3. The van der Waals surface area contributed by atoms with Crippen LogP contribution in [0, 0.1) is 0 Å². The fraction of sp³-hybridized carbons (Fsp3) is 0.217. The van der Waals surface area contributed by atoms with E-state index in [9.17, 15) is 0 Å². The molecule has 1 aliphatic rings. The zero-order valence-electron chi connectivity index (χ0n) is 14.0. The lowest BCUT2D eigenvalue weighted by Gasteiger charge is -2.06. The van der Waals surface area contributed by atoms with Gasteiger partial charge in [-0.25, -0.2) is 0 Å². The molecule has 0 amide bonds. The van der Waals surface area contributed by atoms with Crippen LogP contribution in [0.25, 0.3) is 22.3 Å². The number of aryl methyl sites for hydroxylation is 1. The van der Waals surface area contributed by atoms with Gasteiger partial charge in [-0.2, -0.15) is 0 Å². The lowest BCUT2D eigenvalue weighted by molar-refractivity contribution is 0.794. The van der Waals surface area contributed by atoms with E-state index in [1.807, 2.05) is 12.1 Å². The Morgan fingerprint density at radius 2 is 1.46 bits per heavy atom. The number of rotatable bonds is 4. The van der Waals surface area contributed by atoms with Gasteiger partial charge in [-0.05, 0) is 70.3 Å². The molecule has 0 saturated carbocycles. The van der Waals surface area contributed by atoms with E-state index in [4.69, 9.17) is 11.6 Å². The van der Waals surface area contributed by atoms with Crippen LogP contribution in [0.4, 0.5) is 0 Å². The molecule has 0 bridgehead atoms. The van der Waals surface area contributed by atoms with Gasteiger partial charge in [0.05, 0.1) is 0 Å². The first-order valence-corrected chi connectivity index (χ1v) is 9.13. The Kier molecular flexibility index (Phi) is 4.16. The maximum atomic E-state index is 6.00. The number of halogens is 1. The van der Waals surface area contributed by atoms with Crippen molar-refractivity contribution in [1.82, 2.24) is 0 Å². The summed E-state index contributed by atoms with van der Waals surface area (Å²) in [6, 6.07) is 22.0. The Balaban J connectivity index is 1.66. The topological polar surface area (TPSA) is 0 Å². The molecule has 0 atom stereocenters. The van der Waals surface area contributed by atoms with Crippen molar-refractivity contribution in [2.75, 3.05) is 0 Å². The number of hydrogen-bond acceptors (Lipinski definition) is 0. The van der Waals surface area contributed by atoms with Gasteiger partial charge in [0.2, 0.25) is 0 Å². The van der Waals surface area contributed by atoms with E-state index < -0.39 is 0 Å². The summed E-state index contributed by atoms with van der Waals surface area (Å²) < 4.78 is 0. The van der Waals surface area contributed by atoms with Crippen molar-refractivity contribution in [3.05, 3.63) is 82.4 Å². The minimum absolute atomic E-state index is 0.784. The van der Waals surface area contributed by atoms with Crippen LogP contribution < -0.4 is 0 Å². The van der Waals surface area contributed by atoms with Crippen LogP contribution in [0.5, 0.6) is 0 Å². The van der Waals surface area contributed by atoms with E-state index in [2.05, 4.69) is 55.5 Å². The van der Waals surface area contributed by atoms with Crippen molar-refractivity contribution in [1.29, 1.82) is 0 Å². The van der Waals surface area contributed by atoms with Gasteiger partial charge in [0.15, 0.2) is 0 Å². The molecule has 0 aromatic heterocycles. The Labute approximate surface area is 149 Å². The minimum Gasteiger partial charge on any atom is -0.0843 e. The molecule has 120 valence electrons. The molecule has 0 saturated heterocycles. The molecule has 1 aliphatic carbocycles. The molecule has 1 heteroatoms. The molecule has 0 heterocycles. The molecule has 0 radical (unpaired) electrons. The molecule has 0 unspecified atom stereocenters. The van der Waals surface area contributed by atoms with Gasteiger partial charge in [0, 0.05) is 5.02 Å².